The number of ether oxygens (including phenoxy) is 3. The molecule has 0 saturated heterocycles. The minimum Gasteiger partial charge on any atom is -0.462 e. The van der Waals surface area contributed by atoms with Crippen LogP contribution in [0.25, 0.3) is 0 Å². The van der Waals surface area contributed by atoms with E-state index in [4.69, 9.17) is 14.2 Å². The van der Waals surface area contributed by atoms with Gasteiger partial charge in [0.25, 0.3) is 0 Å². The highest BCUT2D eigenvalue weighted by molar-refractivity contribution is 5.71. The molecule has 0 aromatic heterocycles. The number of hydrogen-bond donors (Lipinski definition) is 0. The van der Waals surface area contributed by atoms with Crippen LogP contribution in [0, 0.1) is 0 Å². The van der Waals surface area contributed by atoms with Gasteiger partial charge in [-0.15, -0.1) is 0 Å². The molecule has 0 N–H and O–H groups in total. The summed E-state index contributed by atoms with van der Waals surface area (Å²) in [7, 11) is 0. The van der Waals surface area contributed by atoms with Gasteiger partial charge in [-0.2, -0.15) is 0 Å². The molecule has 6 heteroatoms. The monoisotopic (exact) mass is 747 g/mol. The van der Waals surface area contributed by atoms with Crippen molar-refractivity contribution in [2.75, 3.05) is 13.2 Å². The van der Waals surface area contributed by atoms with Gasteiger partial charge in [-0.25, -0.2) is 0 Å². The Bertz CT molecular complexity index is 1180. The van der Waals surface area contributed by atoms with Crippen LogP contribution in [0.5, 0.6) is 0 Å². The summed E-state index contributed by atoms with van der Waals surface area (Å²) in [6, 6.07) is 0. The number of hydrogen-bond acceptors (Lipinski definition) is 6. The number of rotatable bonds is 35. The van der Waals surface area contributed by atoms with Gasteiger partial charge >= 0.3 is 17.9 Å². The maximum atomic E-state index is 12.7. The highest BCUT2D eigenvalue weighted by atomic mass is 16.6. The van der Waals surface area contributed by atoms with Crippen LogP contribution in [0.3, 0.4) is 0 Å². The van der Waals surface area contributed by atoms with E-state index in [0.717, 1.165) is 103 Å². The van der Waals surface area contributed by atoms with Gasteiger partial charge in [-0.05, 0) is 96.3 Å². The molecule has 0 fully saturated rings. The van der Waals surface area contributed by atoms with E-state index in [-0.39, 0.29) is 44.0 Å². The molecule has 0 saturated carbocycles. The van der Waals surface area contributed by atoms with Gasteiger partial charge in [0.15, 0.2) is 6.10 Å². The van der Waals surface area contributed by atoms with Crippen molar-refractivity contribution in [1.29, 1.82) is 0 Å². The highest BCUT2D eigenvalue weighted by Crippen LogP contribution is 2.11. The van der Waals surface area contributed by atoms with Gasteiger partial charge in [0.1, 0.15) is 13.2 Å². The molecule has 0 spiro atoms. The molecular weight excluding hydrogens is 673 g/mol. The molecule has 1 unspecified atom stereocenters. The third-order valence-electron chi connectivity index (χ3n) is 8.06. The van der Waals surface area contributed by atoms with Gasteiger partial charge < -0.3 is 14.2 Å². The fourth-order valence-corrected chi connectivity index (χ4v) is 5.01. The number of carbonyl (C=O) groups is 3. The van der Waals surface area contributed by atoms with E-state index in [0.29, 0.717) is 19.3 Å². The van der Waals surface area contributed by atoms with Crippen molar-refractivity contribution in [3.8, 4) is 0 Å². The third kappa shape index (κ3) is 39.3. The van der Waals surface area contributed by atoms with Crippen LogP contribution in [0.2, 0.25) is 0 Å². The van der Waals surface area contributed by atoms with Crippen molar-refractivity contribution in [3.05, 3.63) is 109 Å². The molecule has 1 atom stereocenters. The molecule has 0 aromatic rings. The van der Waals surface area contributed by atoms with Crippen molar-refractivity contribution in [2.45, 2.75) is 162 Å². The summed E-state index contributed by atoms with van der Waals surface area (Å²) in [5.74, 6) is -1.06. The molecule has 0 aromatic carbocycles. The summed E-state index contributed by atoms with van der Waals surface area (Å²) in [6.45, 7) is 6.12. The van der Waals surface area contributed by atoms with Gasteiger partial charge in [0.2, 0.25) is 0 Å². The zero-order chi connectivity index (χ0) is 39.4. The first-order chi connectivity index (χ1) is 26.5. The van der Waals surface area contributed by atoms with Crippen LogP contribution in [0.4, 0.5) is 0 Å². The molecule has 302 valence electrons. The number of carbonyl (C=O) groups excluding carboxylic acids is 3. The lowest BCUT2D eigenvalue weighted by molar-refractivity contribution is -0.167. The van der Waals surface area contributed by atoms with Crippen LogP contribution in [0.15, 0.2) is 109 Å². The first kappa shape index (κ1) is 50.1. The van der Waals surface area contributed by atoms with Crippen molar-refractivity contribution in [1.82, 2.24) is 0 Å². The quantitative estimate of drug-likeness (QED) is 0.0211. The summed E-state index contributed by atoms with van der Waals surface area (Å²) < 4.78 is 16.5. The summed E-state index contributed by atoms with van der Waals surface area (Å²) >= 11 is 0. The Labute approximate surface area is 330 Å². The average molecular weight is 747 g/mol. The van der Waals surface area contributed by atoms with E-state index >= 15 is 0 Å². The van der Waals surface area contributed by atoms with Gasteiger partial charge in [0.05, 0.1) is 0 Å². The predicted octanol–water partition coefficient (Wildman–Crippen LogP) is 13.2. The standard InChI is InChI=1S/C48H74O6/c1-4-7-10-13-16-19-22-24-27-29-32-35-38-41-47(50)53-44-45(43-52-46(49)40-37-34-31-28-25-21-18-15-12-9-6-3)54-48(51)42-39-36-33-30-26-23-20-17-14-11-8-5-2/h7-13,16-22,26,28,30-31,45H,4-6,14-15,23-25,27,29,32-44H2,1-3H3/b10-7-,11-8-,12-9-,16-13-,20-17-,21-18-,22-19-,30-26-,31-28-. The van der Waals surface area contributed by atoms with Crippen molar-refractivity contribution < 1.29 is 28.6 Å². The fraction of sp³-hybridized carbons (Fsp3) is 0.562. The number of allylic oxidation sites excluding steroid dienone is 18. The van der Waals surface area contributed by atoms with E-state index in [9.17, 15) is 14.4 Å². The second kappa shape index (κ2) is 41.8. The van der Waals surface area contributed by atoms with Crippen LogP contribution in [-0.2, 0) is 28.6 Å². The minimum atomic E-state index is -0.825. The van der Waals surface area contributed by atoms with E-state index < -0.39 is 6.10 Å². The lowest BCUT2D eigenvalue weighted by atomic mass is 10.1. The Morgan fingerprint density at radius 3 is 1.35 bits per heavy atom. The third-order valence-corrected chi connectivity index (χ3v) is 8.06. The van der Waals surface area contributed by atoms with Crippen molar-refractivity contribution in [3.63, 3.8) is 0 Å². The summed E-state index contributed by atoms with van der Waals surface area (Å²) in [6.07, 6.45) is 55.1. The summed E-state index contributed by atoms with van der Waals surface area (Å²) in [5, 5.41) is 0. The fourth-order valence-electron chi connectivity index (χ4n) is 5.01. The zero-order valence-electron chi connectivity index (χ0n) is 34.2. The second-order valence-corrected chi connectivity index (χ2v) is 13.2. The van der Waals surface area contributed by atoms with Crippen molar-refractivity contribution in [2.24, 2.45) is 0 Å². The summed E-state index contributed by atoms with van der Waals surface area (Å²) in [4.78, 5) is 37.6. The lowest BCUT2D eigenvalue weighted by Gasteiger charge is -2.18. The lowest BCUT2D eigenvalue weighted by Crippen LogP contribution is -2.30. The molecule has 0 aliphatic carbocycles. The van der Waals surface area contributed by atoms with Crippen molar-refractivity contribution >= 4 is 17.9 Å². The molecule has 54 heavy (non-hydrogen) atoms. The first-order valence-corrected chi connectivity index (χ1v) is 20.9. The Morgan fingerprint density at radius 2 is 0.778 bits per heavy atom. The molecule has 6 nitrogen and oxygen atoms in total. The number of unbranched alkanes of at least 4 members (excludes halogenated alkanes) is 8. The first-order valence-electron chi connectivity index (χ1n) is 20.9. The van der Waals surface area contributed by atoms with E-state index in [1.54, 1.807) is 0 Å². The van der Waals surface area contributed by atoms with Crippen LogP contribution >= 0.6 is 0 Å². The Morgan fingerprint density at radius 1 is 0.389 bits per heavy atom. The highest BCUT2D eigenvalue weighted by Gasteiger charge is 2.19. The Kier molecular flexibility index (Phi) is 38.8. The average Bonchev–Trinajstić information content (AvgIpc) is 3.17. The van der Waals surface area contributed by atoms with Crippen LogP contribution in [-0.4, -0.2) is 37.2 Å². The smallest absolute Gasteiger partial charge is 0.306 e. The van der Waals surface area contributed by atoms with E-state index in [2.05, 4.69) is 124 Å². The molecule has 0 bridgehead atoms. The van der Waals surface area contributed by atoms with E-state index in [1.165, 1.54) is 0 Å². The van der Waals surface area contributed by atoms with E-state index in [1.807, 2.05) is 6.08 Å². The second-order valence-electron chi connectivity index (χ2n) is 13.2. The Hall–Kier alpha value is -3.93. The SMILES string of the molecule is CC\C=C/C=C\C=C/CCCCCCCC(=O)OCC(COC(=O)CCC/C=C\C/C=C\C/C=C\CC)OC(=O)CCCC/C=C\C/C=C\C/C=C\CC. The van der Waals surface area contributed by atoms with Crippen LogP contribution < -0.4 is 0 Å². The maximum Gasteiger partial charge on any atom is 0.306 e. The topological polar surface area (TPSA) is 78.9 Å². The number of esters is 3. The maximum absolute atomic E-state index is 12.7. The van der Waals surface area contributed by atoms with Gasteiger partial charge in [0, 0.05) is 19.3 Å². The minimum absolute atomic E-state index is 0.123. The molecule has 0 amide bonds. The normalized spacial score (nSPS) is 13.2. The zero-order valence-corrected chi connectivity index (χ0v) is 34.2. The molecule has 0 radical (unpaired) electrons. The molecular formula is C48H74O6. The Balaban J connectivity index is 4.57. The predicted molar refractivity (Wildman–Crippen MR) is 228 cm³/mol. The molecule has 0 rings (SSSR count). The molecule has 0 heterocycles. The van der Waals surface area contributed by atoms with Gasteiger partial charge in [-0.1, -0.05) is 149 Å². The molecule has 0 aliphatic heterocycles. The molecule has 0 aliphatic rings. The van der Waals surface area contributed by atoms with Gasteiger partial charge in [-0.3, -0.25) is 14.4 Å². The van der Waals surface area contributed by atoms with Crippen LogP contribution in [0.1, 0.15) is 156 Å². The largest absolute Gasteiger partial charge is 0.462 e. The summed E-state index contributed by atoms with van der Waals surface area (Å²) in [5.41, 5.74) is 0.